The van der Waals surface area contributed by atoms with Crippen LogP contribution >= 0.6 is 0 Å². The molecule has 2 saturated carbocycles. The van der Waals surface area contributed by atoms with E-state index in [9.17, 15) is 9.59 Å². The fourth-order valence-corrected chi connectivity index (χ4v) is 6.48. The lowest BCUT2D eigenvalue weighted by atomic mass is 9.84. The number of esters is 2. The molecule has 2 unspecified atom stereocenters. The van der Waals surface area contributed by atoms with Crippen LogP contribution in [0.5, 0.6) is 0 Å². The maximum absolute atomic E-state index is 13.2. The molecule has 32 heavy (non-hydrogen) atoms. The molecule has 2 bridgehead atoms. The van der Waals surface area contributed by atoms with Crippen molar-refractivity contribution in [3.8, 4) is 0 Å². The molecule has 8 heteroatoms. The van der Waals surface area contributed by atoms with Crippen molar-refractivity contribution in [1.82, 2.24) is 4.90 Å². The summed E-state index contributed by atoms with van der Waals surface area (Å²) in [6.07, 6.45) is 12.3. The number of carbonyl (C=O) groups is 2. The number of rotatable bonds is 7. The molecule has 2 heterocycles. The van der Waals surface area contributed by atoms with Crippen LogP contribution in [0.15, 0.2) is 5.11 Å². The van der Waals surface area contributed by atoms with Gasteiger partial charge < -0.3 is 9.47 Å². The van der Waals surface area contributed by atoms with E-state index >= 15 is 0 Å². The van der Waals surface area contributed by atoms with Gasteiger partial charge in [0.05, 0.1) is 12.5 Å². The van der Waals surface area contributed by atoms with Crippen LogP contribution in [0.25, 0.3) is 10.4 Å². The Morgan fingerprint density at radius 3 is 2.47 bits per heavy atom. The van der Waals surface area contributed by atoms with Gasteiger partial charge in [0, 0.05) is 29.5 Å². The quantitative estimate of drug-likeness (QED) is 0.243. The largest absolute Gasteiger partial charge is 0.465 e. The number of hydrogen-bond acceptors (Lipinski definition) is 6. The molecule has 0 aromatic rings. The molecule has 2 aliphatic carbocycles. The first-order chi connectivity index (χ1) is 15.6. The van der Waals surface area contributed by atoms with Gasteiger partial charge >= 0.3 is 11.9 Å². The standard InChI is InChI=1S/C24H38N4O4/c1-28-19-11-12-20(28)22(21(15-19)32-23(29)17-5-3-2-4-6-17)24(30)31-14-13-16-7-9-18(10-8-16)26-27-25/h16-22H,2-15H2,1H3/t16?,18?,19-,20?,21-,22?/m1/s1. The van der Waals surface area contributed by atoms with Gasteiger partial charge in [-0.3, -0.25) is 14.5 Å². The molecular formula is C24H38N4O4. The van der Waals surface area contributed by atoms with E-state index < -0.39 is 0 Å². The first kappa shape index (κ1) is 23.4. The van der Waals surface area contributed by atoms with Crippen LogP contribution in [-0.4, -0.2) is 54.7 Å². The van der Waals surface area contributed by atoms with E-state index in [1.54, 1.807) is 0 Å². The van der Waals surface area contributed by atoms with Crippen LogP contribution in [0.1, 0.15) is 83.5 Å². The van der Waals surface area contributed by atoms with Gasteiger partial charge in [-0.25, -0.2) is 0 Å². The highest BCUT2D eigenvalue weighted by Crippen LogP contribution is 2.41. The summed E-state index contributed by atoms with van der Waals surface area (Å²) in [5.74, 6) is -0.178. The van der Waals surface area contributed by atoms with E-state index in [0.717, 1.165) is 77.0 Å². The second-order valence-corrected chi connectivity index (χ2v) is 10.4. The Bertz CT molecular complexity index is 711. The number of carbonyl (C=O) groups excluding carboxylic acids is 2. The van der Waals surface area contributed by atoms with E-state index in [1.807, 2.05) is 0 Å². The van der Waals surface area contributed by atoms with Crippen LogP contribution in [0, 0.1) is 17.8 Å². The molecule has 4 rings (SSSR count). The van der Waals surface area contributed by atoms with Gasteiger partial charge in [-0.15, -0.1) is 0 Å². The molecule has 0 N–H and O–H groups in total. The summed E-state index contributed by atoms with van der Waals surface area (Å²) in [6.45, 7) is 0.412. The summed E-state index contributed by atoms with van der Waals surface area (Å²) < 4.78 is 11.8. The molecule has 4 atom stereocenters. The van der Waals surface area contributed by atoms with E-state index in [1.165, 1.54) is 6.42 Å². The monoisotopic (exact) mass is 446 g/mol. The second-order valence-electron chi connectivity index (χ2n) is 10.4. The number of ether oxygens (including phenoxy) is 2. The minimum atomic E-state index is -0.382. The molecule has 178 valence electrons. The van der Waals surface area contributed by atoms with E-state index in [-0.39, 0.29) is 42.0 Å². The Morgan fingerprint density at radius 2 is 1.75 bits per heavy atom. The van der Waals surface area contributed by atoms with E-state index in [0.29, 0.717) is 18.6 Å². The first-order valence-corrected chi connectivity index (χ1v) is 12.7. The molecular weight excluding hydrogens is 408 g/mol. The zero-order valence-corrected chi connectivity index (χ0v) is 19.4. The highest BCUT2D eigenvalue weighted by molar-refractivity contribution is 5.76. The molecule has 8 nitrogen and oxygen atoms in total. The van der Waals surface area contributed by atoms with Crippen LogP contribution in [-0.2, 0) is 19.1 Å². The van der Waals surface area contributed by atoms with Crippen LogP contribution < -0.4 is 0 Å². The van der Waals surface area contributed by atoms with Crippen LogP contribution in [0.3, 0.4) is 0 Å². The smallest absolute Gasteiger partial charge is 0.314 e. The van der Waals surface area contributed by atoms with Gasteiger partial charge in [-0.05, 0) is 76.3 Å². The van der Waals surface area contributed by atoms with Crippen molar-refractivity contribution in [2.24, 2.45) is 22.9 Å². The Kier molecular flexibility index (Phi) is 7.95. The van der Waals surface area contributed by atoms with Gasteiger partial charge in [0.2, 0.25) is 0 Å². The lowest BCUT2D eigenvalue weighted by Gasteiger charge is -2.41. The predicted molar refractivity (Wildman–Crippen MR) is 120 cm³/mol. The number of fused-ring (bicyclic) bond motifs is 2. The first-order valence-electron chi connectivity index (χ1n) is 12.7. The Labute approximate surface area is 191 Å². The number of nitrogens with zero attached hydrogens (tertiary/aromatic N) is 4. The molecule has 0 amide bonds. The van der Waals surface area contributed by atoms with Gasteiger partial charge in [0.15, 0.2) is 0 Å². The predicted octanol–water partition coefficient (Wildman–Crippen LogP) is 4.76. The summed E-state index contributed by atoms with van der Waals surface area (Å²) >= 11 is 0. The second kappa shape index (κ2) is 10.9. The van der Waals surface area contributed by atoms with Crippen LogP contribution in [0.2, 0.25) is 0 Å². The van der Waals surface area contributed by atoms with Gasteiger partial charge in [0.25, 0.3) is 0 Å². The Hall–Kier alpha value is -1.79. The highest BCUT2D eigenvalue weighted by Gasteiger charge is 2.51. The normalized spacial score (nSPS) is 35.7. The zero-order chi connectivity index (χ0) is 22.5. The molecule has 4 fully saturated rings. The van der Waals surface area contributed by atoms with Gasteiger partial charge in [-0.2, -0.15) is 0 Å². The highest BCUT2D eigenvalue weighted by atomic mass is 16.6. The average Bonchev–Trinajstić information content (AvgIpc) is 3.04. The third-order valence-electron chi connectivity index (χ3n) is 8.49. The summed E-state index contributed by atoms with van der Waals surface area (Å²) in [5.41, 5.74) is 8.59. The molecule has 0 radical (unpaired) electrons. The van der Waals surface area contributed by atoms with Crippen LogP contribution in [0.4, 0.5) is 0 Å². The number of azide groups is 1. The Morgan fingerprint density at radius 1 is 1.00 bits per heavy atom. The van der Waals surface area contributed by atoms with Gasteiger partial charge in [-0.1, -0.05) is 24.4 Å². The SMILES string of the molecule is CN1C2CC[C@@H]1C[C@@H](OC(=O)C1CCCCC1)C2C(=O)OCCC1CCC(N=[N+]=[N-])CC1. The molecule has 2 aliphatic heterocycles. The summed E-state index contributed by atoms with van der Waals surface area (Å²) in [7, 11) is 2.09. The zero-order valence-electron chi connectivity index (χ0n) is 19.4. The number of hydrogen-bond donors (Lipinski definition) is 0. The summed E-state index contributed by atoms with van der Waals surface area (Å²) in [6, 6.07) is 0.607. The third kappa shape index (κ3) is 5.40. The molecule has 0 aromatic heterocycles. The minimum Gasteiger partial charge on any atom is -0.465 e. The maximum atomic E-state index is 13.2. The van der Waals surface area contributed by atoms with Crippen molar-refractivity contribution in [3.63, 3.8) is 0 Å². The molecule has 2 saturated heterocycles. The Balaban J connectivity index is 1.30. The lowest BCUT2D eigenvalue weighted by Crippen LogP contribution is -2.54. The number of piperidine rings is 1. The fourth-order valence-electron chi connectivity index (χ4n) is 6.48. The average molecular weight is 447 g/mol. The topological polar surface area (TPSA) is 105 Å². The fraction of sp³-hybridized carbons (Fsp3) is 0.917. The van der Waals surface area contributed by atoms with Crippen molar-refractivity contribution in [1.29, 1.82) is 0 Å². The van der Waals surface area contributed by atoms with Crippen molar-refractivity contribution < 1.29 is 19.1 Å². The van der Waals surface area contributed by atoms with E-state index in [2.05, 4.69) is 22.0 Å². The van der Waals surface area contributed by atoms with Crippen molar-refractivity contribution >= 4 is 11.9 Å². The maximum Gasteiger partial charge on any atom is 0.314 e. The van der Waals surface area contributed by atoms with Crippen molar-refractivity contribution in [2.45, 2.75) is 108 Å². The van der Waals surface area contributed by atoms with Crippen molar-refractivity contribution in [3.05, 3.63) is 10.4 Å². The minimum absolute atomic E-state index is 0.00164. The molecule has 4 aliphatic rings. The molecule has 0 spiro atoms. The molecule has 0 aromatic carbocycles. The third-order valence-corrected chi connectivity index (χ3v) is 8.49. The van der Waals surface area contributed by atoms with E-state index in [4.69, 9.17) is 15.0 Å². The summed E-state index contributed by atoms with van der Waals surface area (Å²) in [5, 5.41) is 3.83. The van der Waals surface area contributed by atoms with Crippen molar-refractivity contribution in [2.75, 3.05) is 13.7 Å². The lowest BCUT2D eigenvalue weighted by molar-refractivity contribution is -0.173. The summed E-state index contributed by atoms with van der Waals surface area (Å²) in [4.78, 5) is 31.2. The van der Waals surface area contributed by atoms with Gasteiger partial charge in [0.1, 0.15) is 12.0 Å².